The minimum atomic E-state index is -0.921. The van der Waals surface area contributed by atoms with Crippen LogP contribution in [0.15, 0.2) is 18.2 Å². The van der Waals surface area contributed by atoms with Crippen LogP contribution in [-0.2, 0) is 19.1 Å². The van der Waals surface area contributed by atoms with Crippen LogP contribution in [0.25, 0.3) is 11.0 Å². The van der Waals surface area contributed by atoms with E-state index in [2.05, 4.69) is 10.2 Å². The summed E-state index contributed by atoms with van der Waals surface area (Å²) in [6, 6.07) is 3.10. The second-order valence-electron chi connectivity index (χ2n) is 5.06. The number of ether oxygens (including phenoxy) is 2. The average Bonchev–Trinajstić information content (AvgIpc) is 2.98. The molecule has 1 atom stereocenters. The van der Waals surface area contributed by atoms with Gasteiger partial charge in [-0.25, -0.2) is 4.79 Å². The van der Waals surface area contributed by atoms with Gasteiger partial charge >= 0.3 is 11.9 Å². The first-order chi connectivity index (χ1) is 12.0. The predicted octanol–water partition coefficient (Wildman–Crippen LogP) is 1.79. The Morgan fingerprint density at radius 3 is 2.52 bits per heavy atom. The van der Waals surface area contributed by atoms with Gasteiger partial charge in [0.2, 0.25) is 0 Å². The first-order valence-corrected chi connectivity index (χ1v) is 7.79. The van der Waals surface area contributed by atoms with E-state index in [4.69, 9.17) is 9.47 Å². The molecule has 10 nitrogen and oxygen atoms in total. The van der Waals surface area contributed by atoms with Gasteiger partial charge < -0.3 is 9.47 Å². The maximum Gasteiger partial charge on any atom is 0.332 e. The van der Waals surface area contributed by atoms with Crippen molar-refractivity contribution >= 4 is 28.7 Å². The zero-order valence-corrected chi connectivity index (χ0v) is 13.9. The number of non-ortho nitro benzene ring substituents is 1. The number of rotatable bonds is 8. The monoisotopic (exact) mass is 350 g/mol. The maximum absolute atomic E-state index is 12.2. The van der Waals surface area contributed by atoms with Crippen molar-refractivity contribution in [1.29, 1.82) is 0 Å². The van der Waals surface area contributed by atoms with Gasteiger partial charge in [0.05, 0.1) is 18.1 Å². The molecule has 1 heterocycles. The van der Waals surface area contributed by atoms with Crippen molar-refractivity contribution in [2.75, 3.05) is 13.2 Å². The molecule has 0 spiro atoms. The first kappa shape index (κ1) is 18.3. The molecule has 0 aliphatic heterocycles. The van der Waals surface area contributed by atoms with Gasteiger partial charge in [-0.05, 0) is 26.3 Å². The Kier molecular flexibility index (Phi) is 5.98. The van der Waals surface area contributed by atoms with Crippen molar-refractivity contribution in [1.82, 2.24) is 15.0 Å². The van der Waals surface area contributed by atoms with Crippen molar-refractivity contribution in [2.24, 2.45) is 0 Å². The molecule has 0 aliphatic carbocycles. The highest BCUT2D eigenvalue weighted by atomic mass is 16.6. The molecular weight excluding hydrogens is 332 g/mol. The molecule has 0 amide bonds. The van der Waals surface area contributed by atoms with Gasteiger partial charge in [-0.3, -0.25) is 14.9 Å². The molecule has 134 valence electrons. The molecule has 0 N–H and O–H groups in total. The molecule has 0 bridgehead atoms. The van der Waals surface area contributed by atoms with Crippen molar-refractivity contribution in [3.05, 3.63) is 28.3 Å². The Balaban J connectivity index is 2.29. The Bertz CT molecular complexity index is 787. The number of esters is 2. The lowest BCUT2D eigenvalue weighted by Crippen LogP contribution is -2.25. The van der Waals surface area contributed by atoms with Crippen molar-refractivity contribution < 1.29 is 24.0 Å². The van der Waals surface area contributed by atoms with E-state index in [-0.39, 0.29) is 37.3 Å². The molecule has 0 radical (unpaired) electrons. The number of carbonyl (C=O) groups is 2. The number of nitrogens with zero attached hydrogens (tertiary/aromatic N) is 4. The summed E-state index contributed by atoms with van der Waals surface area (Å²) >= 11 is 0. The Morgan fingerprint density at radius 2 is 1.88 bits per heavy atom. The van der Waals surface area contributed by atoms with Gasteiger partial charge in [-0.1, -0.05) is 0 Å². The summed E-state index contributed by atoms with van der Waals surface area (Å²) in [6.45, 7) is 3.77. The maximum atomic E-state index is 12.2. The molecule has 0 saturated carbocycles. The predicted molar refractivity (Wildman–Crippen MR) is 85.7 cm³/mol. The van der Waals surface area contributed by atoms with E-state index in [0.717, 1.165) is 4.80 Å². The first-order valence-electron chi connectivity index (χ1n) is 7.79. The van der Waals surface area contributed by atoms with Crippen molar-refractivity contribution in [2.45, 2.75) is 32.7 Å². The van der Waals surface area contributed by atoms with E-state index < -0.39 is 22.9 Å². The zero-order chi connectivity index (χ0) is 18.4. The highest BCUT2D eigenvalue weighted by molar-refractivity contribution is 5.78. The van der Waals surface area contributed by atoms with Gasteiger partial charge in [0, 0.05) is 18.6 Å². The second kappa shape index (κ2) is 8.18. The molecule has 0 saturated heterocycles. The third kappa shape index (κ3) is 4.49. The summed E-state index contributed by atoms with van der Waals surface area (Å²) in [6.07, 6.45) is 0.0934. The molecule has 0 aliphatic rings. The molecule has 10 heteroatoms. The van der Waals surface area contributed by atoms with Gasteiger partial charge in [-0.2, -0.15) is 15.0 Å². The summed E-state index contributed by atoms with van der Waals surface area (Å²) in [5.74, 6) is -1.02. The van der Waals surface area contributed by atoms with Crippen molar-refractivity contribution in [3.63, 3.8) is 0 Å². The molecule has 25 heavy (non-hydrogen) atoms. The lowest BCUT2D eigenvalue weighted by molar-refractivity contribution is -0.384. The van der Waals surface area contributed by atoms with Crippen LogP contribution in [-0.4, -0.2) is 45.1 Å². The van der Waals surface area contributed by atoms with Crippen LogP contribution in [0.1, 0.15) is 32.7 Å². The topological polar surface area (TPSA) is 126 Å². The molecular formula is C15H18N4O6. The van der Waals surface area contributed by atoms with E-state index >= 15 is 0 Å². The van der Waals surface area contributed by atoms with Gasteiger partial charge in [0.25, 0.3) is 5.69 Å². The normalized spacial score (nSPS) is 11.9. The SMILES string of the molecule is CCOC(=O)CCC(C(=O)OCC)n1nc2ccc([N+](=O)[O-])cc2n1. The quantitative estimate of drug-likeness (QED) is 0.400. The number of hydrogen-bond donors (Lipinski definition) is 0. The van der Waals surface area contributed by atoms with Crippen LogP contribution in [0.4, 0.5) is 5.69 Å². The third-order valence-corrected chi connectivity index (χ3v) is 3.35. The van der Waals surface area contributed by atoms with Crippen LogP contribution in [0.2, 0.25) is 0 Å². The van der Waals surface area contributed by atoms with E-state index in [0.29, 0.717) is 5.52 Å². The van der Waals surface area contributed by atoms with E-state index in [1.165, 1.54) is 18.2 Å². The van der Waals surface area contributed by atoms with E-state index in [1.807, 2.05) is 0 Å². The minimum absolute atomic E-state index is 0.00461. The number of nitro benzene ring substituents is 1. The van der Waals surface area contributed by atoms with Crippen LogP contribution >= 0.6 is 0 Å². The van der Waals surface area contributed by atoms with Gasteiger partial charge in [-0.15, -0.1) is 0 Å². The van der Waals surface area contributed by atoms with E-state index in [1.54, 1.807) is 13.8 Å². The molecule has 1 aromatic heterocycles. The third-order valence-electron chi connectivity index (χ3n) is 3.35. The lowest BCUT2D eigenvalue weighted by atomic mass is 10.1. The Labute approximate surface area is 142 Å². The summed E-state index contributed by atoms with van der Waals surface area (Å²) in [4.78, 5) is 35.2. The fourth-order valence-corrected chi connectivity index (χ4v) is 2.23. The van der Waals surface area contributed by atoms with Crippen LogP contribution in [0, 0.1) is 10.1 Å². The molecule has 2 aromatic rings. The Hall–Kier alpha value is -3.04. The highest BCUT2D eigenvalue weighted by Crippen LogP contribution is 2.21. The van der Waals surface area contributed by atoms with Crippen LogP contribution in [0.3, 0.4) is 0 Å². The fraction of sp³-hybridized carbons (Fsp3) is 0.467. The number of benzene rings is 1. The fourth-order valence-electron chi connectivity index (χ4n) is 2.23. The molecule has 0 fully saturated rings. The van der Waals surface area contributed by atoms with Crippen LogP contribution in [0.5, 0.6) is 0 Å². The summed E-state index contributed by atoms with van der Waals surface area (Å²) in [7, 11) is 0. The number of carbonyl (C=O) groups excluding carboxylic acids is 2. The zero-order valence-electron chi connectivity index (χ0n) is 13.9. The summed E-state index contributed by atoms with van der Waals surface area (Å²) in [5.41, 5.74) is 0.550. The van der Waals surface area contributed by atoms with Crippen LogP contribution < -0.4 is 0 Å². The number of nitro groups is 1. The number of fused-ring (bicyclic) bond motifs is 1. The van der Waals surface area contributed by atoms with Gasteiger partial charge in [0.15, 0.2) is 6.04 Å². The standard InChI is InChI=1S/C15H18N4O6/c1-3-24-14(20)8-7-13(15(21)25-4-2)18-16-11-6-5-10(19(22)23)9-12(11)17-18/h5-6,9,13H,3-4,7-8H2,1-2H3. The van der Waals surface area contributed by atoms with Crippen molar-refractivity contribution in [3.8, 4) is 0 Å². The van der Waals surface area contributed by atoms with Gasteiger partial charge in [0.1, 0.15) is 11.0 Å². The number of hydrogen-bond acceptors (Lipinski definition) is 8. The summed E-state index contributed by atoms with van der Waals surface area (Å²) in [5, 5.41) is 19.1. The lowest BCUT2D eigenvalue weighted by Gasteiger charge is -2.14. The molecule has 1 aromatic carbocycles. The number of aromatic nitrogens is 3. The minimum Gasteiger partial charge on any atom is -0.466 e. The largest absolute Gasteiger partial charge is 0.466 e. The Morgan fingerprint density at radius 1 is 1.20 bits per heavy atom. The summed E-state index contributed by atoms with van der Waals surface area (Å²) < 4.78 is 9.86. The van der Waals surface area contributed by atoms with E-state index in [9.17, 15) is 19.7 Å². The molecule has 2 rings (SSSR count). The second-order valence-corrected chi connectivity index (χ2v) is 5.06. The average molecular weight is 350 g/mol. The highest BCUT2D eigenvalue weighted by Gasteiger charge is 2.26. The smallest absolute Gasteiger partial charge is 0.332 e. The molecule has 1 unspecified atom stereocenters.